The van der Waals surface area contributed by atoms with E-state index in [1.807, 2.05) is 0 Å². The molecule has 1 aromatic rings. The average molecular weight is 344 g/mol. The van der Waals surface area contributed by atoms with Gasteiger partial charge in [-0.1, -0.05) is 6.07 Å². The monoisotopic (exact) mass is 344 g/mol. The van der Waals surface area contributed by atoms with Gasteiger partial charge in [-0.2, -0.15) is 0 Å². The second kappa shape index (κ2) is 8.76. The van der Waals surface area contributed by atoms with Gasteiger partial charge in [0.1, 0.15) is 0 Å². The van der Waals surface area contributed by atoms with Crippen LogP contribution in [0.25, 0.3) is 0 Å². The Balaban J connectivity index is 2.71. The van der Waals surface area contributed by atoms with Crippen molar-refractivity contribution in [3.8, 4) is 0 Å². The summed E-state index contributed by atoms with van der Waals surface area (Å²) in [5.41, 5.74) is 0.939. The normalized spacial score (nSPS) is 11.3. The highest BCUT2D eigenvalue weighted by molar-refractivity contribution is 7.53. The molecule has 0 atom stereocenters. The van der Waals surface area contributed by atoms with Crippen LogP contribution >= 0.6 is 7.60 Å². The maximum absolute atomic E-state index is 12.3. The van der Waals surface area contributed by atoms with Crippen LogP contribution in [0, 0.1) is 17.0 Å². The Labute approximate surface area is 134 Å². The number of nitrogens with zero attached hydrogens (tertiary/aromatic N) is 1. The van der Waals surface area contributed by atoms with Crippen molar-refractivity contribution in [2.45, 2.75) is 27.2 Å². The van der Waals surface area contributed by atoms with E-state index in [1.165, 1.54) is 12.1 Å². The van der Waals surface area contributed by atoms with Crippen LogP contribution in [0.4, 0.5) is 11.4 Å². The fourth-order valence-corrected chi connectivity index (χ4v) is 3.47. The lowest BCUT2D eigenvalue weighted by Crippen LogP contribution is -2.15. The molecule has 0 aliphatic heterocycles. The highest BCUT2D eigenvalue weighted by Gasteiger charge is 2.24. The second-order valence-corrected chi connectivity index (χ2v) is 6.91. The molecule has 1 amide bonds. The molecule has 0 unspecified atom stereocenters. The fourth-order valence-electron chi connectivity index (χ4n) is 1.87. The van der Waals surface area contributed by atoms with Crippen LogP contribution in [0.5, 0.6) is 0 Å². The van der Waals surface area contributed by atoms with Gasteiger partial charge in [-0.15, -0.1) is 0 Å². The summed E-state index contributed by atoms with van der Waals surface area (Å²) in [7, 11) is -3.28. The number of anilines is 1. The number of non-ortho nitro benzene ring substituents is 1. The Bertz CT molecular complexity index is 609. The Morgan fingerprint density at radius 2 is 1.91 bits per heavy atom. The van der Waals surface area contributed by atoms with E-state index in [0.717, 1.165) is 0 Å². The third kappa shape index (κ3) is 6.09. The number of benzene rings is 1. The minimum absolute atomic E-state index is 0.0471. The summed E-state index contributed by atoms with van der Waals surface area (Å²) >= 11 is 0. The number of nitro benzene ring substituents is 1. The molecule has 0 aromatic heterocycles. The van der Waals surface area contributed by atoms with E-state index >= 15 is 0 Å². The Morgan fingerprint density at radius 3 is 2.43 bits per heavy atom. The predicted molar refractivity (Wildman–Crippen MR) is 86.8 cm³/mol. The molecule has 1 aromatic carbocycles. The molecule has 0 bridgehead atoms. The van der Waals surface area contributed by atoms with Gasteiger partial charge in [0.15, 0.2) is 0 Å². The van der Waals surface area contributed by atoms with E-state index in [2.05, 4.69) is 5.32 Å². The van der Waals surface area contributed by atoms with Crippen molar-refractivity contribution in [3.05, 3.63) is 33.9 Å². The first-order valence-corrected chi connectivity index (χ1v) is 8.97. The molecular formula is C14H21N2O6P. The fraction of sp³-hybridized carbons (Fsp3) is 0.500. The van der Waals surface area contributed by atoms with Crippen molar-refractivity contribution in [1.82, 2.24) is 0 Å². The standard InChI is InChI=1S/C14H21N2O6P/c1-4-21-23(20,22-5-2)9-8-14(17)15-13-10-12(16(18)19)7-6-11(13)3/h6-7,10H,4-5,8-9H2,1-3H3,(H,15,17). The lowest BCUT2D eigenvalue weighted by atomic mass is 10.2. The van der Waals surface area contributed by atoms with Crippen LogP contribution in [-0.4, -0.2) is 30.2 Å². The number of nitrogens with one attached hydrogen (secondary N) is 1. The molecule has 0 spiro atoms. The number of rotatable bonds is 9. The Morgan fingerprint density at radius 1 is 1.30 bits per heavy atom. The lowest BCUT2D eigenvalue weighted by molar-refractivity contribution is -0.384. The van der Waals surface area contributed by atoms with Crippen LogP contribution in [-0.2, 0) is 18.4 Å². The van der Waals surface area contributed by atoms with Crippen molar-refractivity contribution in [2.75, 3.05) is 24.7 Å². The third-order valence-corrected chi connectivity index (χ3v) is 5.04. The summed E-state index contributed by atoms with van der Waals surface area (Å²) in [6.45, 7) is 5.56. The van der Waals surface area contributed by atoms with Gasteiger partial charge >= 0.3 is 7.60 Å². The van der Waals surface area contributed by atoms with Crippen LogP contribution in [0.15, 0.2) is 18.2 Å². The van der Waals surface area contributed by atoms with Crippen molar-refractivity contribution >= 4 is 24.9 Å². The molecule has 23 heavy (non-hydrogen) atoms. The van der Waals surface area contributed by atoms with Gasteiger partial charge in [0.25, 0.3) is 5.69 Å². The van der Waals surface area contributed by atoms with Crippen LogP contribution in [0.2, 0.25) is 0 Å². The predicted octanol–water partition coefficient (Wildman–Crippen LogP) is 3.50. The molecular weight excluding hydrogens is 323 g/mol. The van der Waals surface area contributed by atoms with E-state index in [1.54, 1.807) is 26.8 Å². The molecule has 0 radical (unpaired) electrons. The van der Waals surface area contributed by atoms with Crippen LogP contribution in [0.3, 0.4) is 0 Å². The van der Waals surface area contributed by atoms with Gasteiger partial charge in [0, 0.05) is 18.6 Å². The van der Waals surface area contributed by atoms with Gasteiger partial charge in [0.05, 0.1) is 30.0 Å². The molecule has 0 fully saturated rings. The number of amides is 1. The minimum Gasteiger partial charge on any atom is -0.326 e. The zero-order chi connectivity index (χ0) is 17.5. The topological polar surface area (TPSA) is 108 Å². The molecule has 1 rings (SSSR count). The van der Waals surface area contributed by atoms with Gasteiger partial charge in [-0.05, 0) is 26.3 Å². The zero-order valence-electron chi connectivity index (χ0n) is 13.4. The summed E-state index contributed by atoms with van der Waals surface area (Å²) in [4.78, 5) is 22.2. The van der Waals surface area contributed by atoms with Crippen molar-refractivity contribution in [2.24, 2.45) is 0 Å². The molecule has 0 heterocycles. The number of nitro groups is 1. The Hall–Kier alpha value is -1.76. The molecule has 8 nitrogen and oxygen atoms in total. The molecule has 0 aliphatic carbocycles. The van der Waals surface area contributed by atoms with E-state index in [0.29, 0.717) is 11.3 Å². The first-order valence-electron chi connectivity index (χ1n) is 7.24. The smallest absolute Gasteiger partial charge is 0.326 e. The molecule has 0 aliphatic rings. The summed E-state index contributed by atoms with van der Waals surface area (Å²) in [6.07, 6.45) is -0.117. The SMILES string of the molecule is CCOP(=O)(CCC(=O)Nc1cc([N+](=O)[O-])ccc1C)OCC. The zero-order valence-corrected chi connectivity index (χ0v) is 14.3. The molecule has 128 valence electrons. The summed E-state index contributed by atoms with van der Waals surface area (Å²) < 4.78 is 22.5. The van der Waals surface area contributed by atoms with E-state index in [-0.39, 0.29) is 31.5 Å². The quantitative estimate of drug-likeness (QED) is 0.417. The molecule has 9 heteroatoms. The van der Waals surface area contributed by atoms with Gasteiger partial charge in [0.2, 0.25) is 5.91 Å². The maximum Gasteiger partial charge on any atom is 0.331 e. The average Bonchev–Trinajstić information content (AvgIpc) is 2.48. The van der Waals surface area contributed by atoms with Gasteiger partial charge in [-0.25, -0.2) is 0 Å². The third-order valence-electron chi connectivity index (χ3n) is 2.97. The van der Waals surface area contributed by atoms with E-state index in [9.17, 15) is 19.5 Å². The van der Waals surface area contributed by atoms with Crippen molar-refractivity contribution in [3.63, 3.8) is 0 Å². The van der Waals surface area contributed by atoms with E-state index in [4.69, 9.17) is 9.05 Å². The largest absolute Gasteiger partial charge is 0.331 e. The summed E-state index contributed by atoms with van der Waals surface area (Å²) in [5.74, 6) is -0.409. The molecule has 0 saturated carbocycles. The van der Waals surface area contributed by atoms with Crippen LogP contribution in [0.1, 0.15) is 25.8 Å². The first-order chi connectivity index (χ1) is 10.8. The second-order valence-electron chi connectivity index (χ2n) is 4.72. The number of aryl methyl sites for hydroxylation is 1. The molecule has 1 N–H and O–H groups in total. The number of carbonyl (C=O) groups is 1. The maximum atomic E-state index is 12.3. The number of hydrogen-bond acceptors (Lipinski definition) is 6. The first kappa shape index (κ1) is 19.3. The van der Waals surface area contributed by atoms with Gasteiger partial charge in [-0.3, -0.25) is 19.5 Å². The highest BCUT2D eigenvalue weighted by atomic mass is 31.2. The van der Waals surface area contributed by atoms with E-state index < -0.39 is 18.4 Å². The lowest BCUT2D eigenvalue weighted by Gasteiger charge is -2.16. The van der Waals surface area contributed by atoms with Crippen molar-refractivity contribution in [1.29, 1.82) is 0 Å². The number of hydrogen-bond donors (Lipinski definition) is 1. The summed E-state index contributed by atoms with van der Waals surface area (Å²) in [6, 6.07) is 4.21. The minimum atomic E-state index is -3.28. The number of carbonyl (C=O) groups excluding carboxylic acids is 1. The van der Waals surface area contributed by atoms with Crippen LogP contribution < -0.4 is 5.32 Å². The summed E-state index contributed by atoms with van der Waals surface area (Å²) in [5, 5.41) is 13.4. The van der Waals surface area contributed by atoms with Gasteiger partial charge < -0.3 is 14.4 Å². The highest BCUT2D eigenvalue weighted by Crippen LogP contribution is 2.48. The Kier molecular flexibility index (Phi) is 7.35. The van der Waals surface area contributed by atoms with Crippen molar-refractivity contribution < 1.29 is 23.3 Å². The molecule has 0 saturated heterocycles.